The predicted octanol–water partition coefficient (Wildman–Crippen LogP) is 17.5. The van der Waals surface area contributed by atoms with Crippen LogP contribution in [0.5, 0.6) is 34.5 Å². The Hall–Kier alpha value is -9.00. The van der Waals surface area contributed by atoms with Gasteiger partial charge in [0, 0.05) is 69.4 Å². The normalized spacial score (nSPS) is 10.7. The number of rotatable bonds is 15. The molecule has 318 valence electrons. The Bertz CT molecular complexity index is 2600. The molecule has 0 aliphatic carbocycles. The molecule has 0 fully saturated rings. The minimum atomic E-state index is 0.560. The third-order valence-corrected chi connectivity index (χ3v) is 10.9. The maximum atomic E-state index is 6.59. The highest BCUT2D eigenvalue weighted by atomic mass is 16.5. The number of hydrogen-bond acceptors (Lipinski definition) is 6. The molecule has 0 aromatic heterocycles. The summed E-state index contributed by atoms with van der Waals surface area (Å²) in [6.45, 7) is 0. The van der Waals surface area contributed by atoms with Crippen LogP contribution in [0.25, 0.3) is 0 Å². The zero-order valence-electron chi connectivity index (χ0n) is 36.0. The predicted molar refractivity (Wildman–Crippen MR) is 270 cm³/mol. The first-order valence-corrected chi connectivity index (χ1v) is 21.9. The van der Waals surface area contributed by atoms with Crippen LogP contribution in [0.1, 0.15) is 0 Å². The fourth-order valence-corrected chi connectivity index (χ4v) is 7.92. The number of benzene rings is 10. The van der Waals surface area contributed by atoms with Gasteiger partial charge in [0.2, 0.25) is 0 Å². The zero-order valence-corrected chi connectivity index (χ0v) is 36.0. The highest BCUT2D eigenvalue weighted by Crippen LogP contribution is 2.41. The van der Waals surface area contributed by atoms with Gasteiger partial charge < -0.3 is 28.9 Å². The Labute approximate surface area is 386 Å². The molecule has 0 amide bonds. The van der Waals surface area contributed by atoms with Crippen molar-refractivity contribution in [3.05, 3.63) is 273 Å². The van der Waals surface area contributed by atoms with Crippen molar-refractivity contribution in [2.45, 2.75) is 0 Å². The second-order valence-electron chi connectivity index (χ2n) is 15.4. The minimum absolute atomic E-state index is 0.560. The van der Waals surface area contributed by atoms with E-state index >= 15 is 0 Å². The van der Waals surface area contributed by atoms with Crippen molar-refractivity contribution in [1.29, 1.82) is 0 Å². The lowest BCUT2D eigenvalue weighted by Gasteiger charge is -2.25. The van der Waals surface area contributed by atoms with Crippen LogP contribution in [0.4, 0.5) is 51.2 Å². The number of nitrogens with zero attached hydrogens (tertiary/aromatic N) is 3. The van der Waals surface area contributed by atoms with Gasteiger partial charge in [-0.2, -0.15) is 0 Å². The van der Waals surface area contributed by atoms with Gasteiger partial charge in [-0.25, -0.2) is 0 Å². The van der Waals surface area contributed by atoms with E-state index in [4.69, 9.17) is 14.2 Å². The van der Waals surface area contributed by atoms with Crippen LogP contribution in [-0.2, 0) is 0 Å². The summed E-state index contributed by atoms with van der Waals surface area (Å²) < 4.78 is 19.8. The van der Waals surface area contributed by atoms with Crippen molar-refractivity contribution < 1.29 is 14.2 Å². The van der Waals surface area contributed by atoms with E-state index in [9.17, 15) is 0 Å². The third-order valence-electron chi connectivity index (χ3n) is 10.9. The van der Waals surface area contributed by atoms with E-state index in [2.05, 4.69) is 197 Å². The molecule has 0 heterocycles. The van der Waals surface area contributed by atoms with Crippen LogP contribution in [0.3, 0.4) is 0 Å². The molecule has 0 bridgehead atoms. The van der Waals surface area contributed by atoms with Gasteiger partial charge in [-0.1, -0.05) is 109 Å². The zero-order chi connectivity index (χ0) is 44.3. The van der Waals surface area contributed by atoms with Crippen molar-refractivity contribution in [1.82, 2.24) is 0 Å². The summed E-state index contributed by atoms with van der Waals surface area (Å²) in [5, 5.41) is 0. The first-order valence-electron chi connectivity index (χ1n) is 21.9. The molecular formula is C60H45N3O3. The average Bonchev–Trinajstić information content (AvgIpc) is 3.38. The molecule has 0 atom stereocenters. The van der Waals surface area contributed by atoms with Crippen LogP contribution >= 0.6 is 0 Å². The van der Waals surface area contributed by atoms with Crippen molar-refractivity contribution in [3.8, 4) is 34.5 Å². The molecule has 10 rings (SSSR count). The Kier molecular flexibility index (Phi) is 12.2. The lowest BCUT2D eigenvalue weighted by molar-refractivity contribution is 0.440. The van der Waals surface area contributed by atoms with Gasteiger partial charge in [0.05, 0.1) is 0 Å². The van der Waals surface area contributed by atoms with Gasteiger partial charge in [0.25, 0.3) is 0 Å². The molecule has 10 aromatic rings. The van der Waals surface area contributed by atoms with Gasteiger partial charge in [-0.3, -0.25) is 0 Å². The number of anilines is 9. The summed E-state index contributed by atoms with van der Waals surface area (Å²) >= 11 is 0. The summed E-state index contributed by atoms with van der Waals surface area (Å²) in [6, 6.07) is 92.0. The maximum Gasteiger partial charge on any atom is 0.134 e. The smallest absolute Gasteiger partial charge is 0.134 e. The molecule has 10 aromatic carbocycles. The second-order valence-corrected chi connectivity index (χ2v) is 15.4. The molecule has 0 spiro atoms. The second kappa shape index (κ2) is 19.6. The molecule has 0 radical (unpaired) electrons. The van der Waals surface area contributed by atoms with E-state index < -0.39 is 0 Å². The molecule has 0 saturated carbocycles. The van der Waals surface area contributed by atoms with Gasteiger partial charge in [0.15, 0.2) is 0 Å². The lowest BCUT2D eigenvalue weighted by atomic mass is 10.2. The first-order chi connectivity index (χ1) is 32.7. The average molecular weight is 856 g/mol. The standard InChI is InChI=1S/C60H45N3O3/c1-7-19-46(20-8-1)61(47-21-9-2-10-22-47)52-31-37-55(38-32-52)64-58-43-59(65-56-39-33-53(34-40-56)62(48-23-11-3-12-24-48)49-25-13-4-14-26-49)45-60(44-58)66-57-41-35-54(36-42-57)63(50-27-15-5-16-28-50)51-29-17-6-18-30-51/h1-45H. The van der Waals surface area contributed by atoms with Crippen molar-refractivity contribution >= 4 is 51.2 Å². The van der Waals surface area contributed by atoms with Crippen LogP contribution in [-0.4, -0.2) is 0 Å². The molecule has 0 aliphatic heterocycles. The first kappa shape index (κ1) is 41.0. The van der Waals surface area contributed by atoms with Crippen molar-refractivity contribution in [2.24, 2.45) is 0 Å². The number of ether oxygens (including phenoxy) is 3. The highest BCUT2D eigenvalue weighted by molar-refractivity contribution is 5.79. The topological polar surface area (TPSA) is 37.4 Å². The molecule has 6 nitrogen and oxygen atoms in total. The van der Waals surface area contributed by atoms with E-state index in [0.29, 0.717) is 34.5 Å². The molecule has 66 heavy (non-hydrogen) atoms. The number of para-hydroxylation sites is 6. The summed E-state index contributed by atoms with van der Waals surface area (Å²) in [4.78, 5) is 6.66. The fraction of sp³-hybridized carbons (Fsp3) is 0. The monoisotopic (exact) mass is 855 g/mol. The van der Waals surface area contributed by atoms with Gasteiger partial charge >= 0.3 is 0 Å². The largest absolute Gasteiger partial charge is 0.457 e. The molecule has 0 aliphatic rings. The van der Waals surface area contributed by atoms with Crippen molar-refractivity contribution in [3.63, 3.8) is 0 Å². The summed E-state index contributed by atoms with van der Waals surface area (Å²) in [6.07, 6.45) is 0. The molecule has 0 unspecified atom stereocenters. The third kappa shape index (κ3) is 9.64. The van der Waals surface area contributed by atoms with E-state index in [0.717, 1.165) is 51.2 Å². The van der Waals surface area contributed by atoms with Crippen LogP contribution < -0.4 is 28.9 Å². The fourth-order valence-electron chi connectivity index (χ4n) is 7.92. The van der Waals surface area contributed by atoms with Gasteiger partial charge in [0.1, 0.15) is 34.5 Å². The summed E-state index contributed by atoms with van der Waals surface area (Å²) in [5.74, 6) is 3.68. The van der Waals surface area contributed by atoms with Crippen LogP contribution in [0, 0.1) is 0 Å². The minimum Gasteiger partial charge on any atom is -0.457 e. The Morgan fingerprint density at radius 3 is 0.515 bits per heavy atom. The molecule has 0 N–H and O–H groups in total. The van der Waals surface area contributed by atoms with Crippen molar-refractivity contribution in [2.75, 3.05) is 14.7 Å². The van der Waals surface area contributed by atoms with E-state index in [1.54, 1.807) is 0 Å². The van der Waals surface area contributed by atoms with Crippen LogP contribution in [0.15, 0.2) is 273 Å². The Morgan fingerprint density at radius 1 is 0.167 bits per heavy atom. The SMILES string of the molecule is c1ccc(N(c2ccccc2)c2ccc(Oc3cc(Oc4ccc(N(c5ccccc5)c5ccccc5)cc4)cc(Oc4ccc(N(c5ccccc5)c5ccccc5)cc4)c3)cc2)cc1. The summed E-state index contributed by atoms with van der Waals surface area (Å²) in [5.41, 5.74) is 9.38. The maximum absolute atomic E-state index is 6.59. The van der Waals surface area contributed by atoms with E-state index in [1.165, 1.54) is 0 Å². The highest BCUT2D eigenvalue weighted by Gasteiger charge is 2.16. The van der Waals surface area contributed by atoms with Gasteiger partial charge in [-0.15, -0.1) is 0 Å². The van der Waals surface area contributed by atoms with E-state index in [1.807, 2.05) is 91.0 Å². The Balaban J connectivity index is 0.950. The van der Waals surface area contributed by atoms with Crippen LogP contribution in [0.2, 0.25) is 0 Å². The molecule has 0 saturated heterocycles. The van der Waals surface area contributed by atoms with E-state index in [-0.39, 0.29) is 0 Å². The quantitative estimate of drug-likeness (QED) is 0.102. The van der Waals surface area contributed by atoms with Gasteiger partial charge in [-0.05, 0) is 146 Å². The molecular weight excluding hydrogens is 811 g/mol. The molecule has 6 heteroatoms. The Morgan fingerprint density at radius 2 is 0.333 bits per heavy atom. The number of hydrogen-bond donors (Lipinski definition) is 0. The summed E-state index contributed by atoms with van der Waals surface area (Å²) in [7, 11) is 0. The lowest BCUT2D eigenvalue weighted by Crippen LogP contribution is -2.09.